The minimum absolute atomic E-state index is 0.0307. The molecule has 3 aromatic rings. The van der Waals surface area contributed by atoms with E-state index in [2.05, 4.69) is 5.32 Å². The van der Waals surface area contributed by atoms with Gasteiger partial charge in [0.05, 0.1) is 28.5 Å². The summed E-state index contributed by atoms with van der Waals surface area (Å²) in [5.74, 6) is 0.907. The van der Waals surface area contributed by atoms with Gasteiger partial charge in [0.15, 0.2) is 11.5 Å². The van der Waals surface area contributed by atoms with Gasteiger partial charge in [0.25, 0.3) is 5.91 Å². The first-order valence-corrected chi connectivity index (χ1v) is 12.5. The van der Waals surface area contributed by atoms with E-state index in [9.17, 15) is 13.2 Å². The normalized spacial score (nSPS) is 12.8. The van der Waals surface area contributed by atoms with Crippen molar-refractivity contribution in [1.29, 1.82) is 0 Å². The molecule has 0 radical (unpaired) electrons. The number of hydrogen-bond donors (Lipinski definition) is 1. The summed E-state index contributed by atoms with van der Waals surface area (Å²) in [5, 5.41) is 3.23. The Morgan fingerprint density at radius 2 is 1.70 bits per heavy atom. The Kier molecular flexibility index (Phi) is 6.69. The molecule has 1 heterocycles. The maximum Gasteiger partial charge on any atom is 0.255 e. The quantitative estimate of drug-likeness (QED) is 0.509. The van der Waals surface area contributed by atoms with Crippen LogP contribution in [0.25, 0.3) is 0 Å². The van der Waals surface area contributed by atoms with Gasteiger partial charge >= 0.3 is 0 Å². The summed E-state index contributed by atoms with van der Waals surface area (Å²) >= 11 is 12.3. The fourth-order valence-corrected chi connectivity index (χ4v) is 4.66. The summed E-state index contributed by atoms with van der Waals surface area (Å²) in [5.41, 5.74) is 1.95. The van der Waals surface area contributed by atoms with Gasteiger partial charge in [-0.3, -0.25) is 9.10 Å². The molecule has 0 saturated heterocycles. The lowest BCUT2D eigenvalue weighted by molar-refractivity contribution is 0.102. The first-order chi connectivity index (χ1) is 15.7. The SMILES string of the molecule is CS(=O)(=O)N(Cc1ccc(C(=O)Nc2ccc3c(c2)OCCO3)cc1)c1cccc(Cl)c1Cl. The molecule has 0 saturated carbocycles. The molecule has 0 spiro atoms. The number of carbonyl (C=O) groups excluding carboxylic acids is 1. The molecule has 3 aromatic carbocycles. The lowest BCUT2D eigenvalue weighted by Gasteiger charge is -2.24. The average molecular weight is 507 g/mol. The van der Waals surface area contributed by atoms with Crippen LogP contribution in [-0.2, 0) is 16.6 Å². The molecule has 33 heavy (non-hydrogen) atoms. The van der Waals surface area contributed by atoms with E-state index in [4.69, 9.17) is 32.7 Å². The van der Waals surface area contributed by atoms with Gasteiger partial charge in [-0.2, -0.15) is 0 Å². The van der Waals surface area contributed by atoms with E-state index in [0.717, 1.165) is 6.26 Å². The predicted molar refractivity (Wildman–Crippen MR) is 129 cm³/mol. The van der Waals surface area contributed by atoms with Gasteiger partial charge < -0.3 is 14.8 Å². The maximum atomic E-state index is 12.7. The number of fused-ring (bicyclic) bond motifs is 1. The van der Waals surface area contributed by atoms with Crippen molar-refractivity contribution < 1.29 is 22.7 Å². The van der Waals surface area contributed by atoms with E-state index >= 15 is 0 Å². The molecule has 0 aromatic heterocycles. The van der Waals surface area contributed by atoms with E-state index in [-0.39, 0.29) is 28.2 Å². The number of nitrogens with one attached hydrogen (secondary N) is 1. The second-order valence-corrected chi connectivity index (χ2v) is 10.0. The number of anilines is 2. The van der Waals surface area contributed by atoms with Crippen molar-refractivity contribution in [2.45, 2.75) is 6.54 Å². The Morgan fingerprint density at radius 1 is 1.00 bits per heavy atom. The van der Waals surface area contributed by atoms with Crippen LogP contribution in [0.3, 0.4) is 0 Å². The van der Waals surface area contributed by atoms with Gasteiger partial charge in [0, 0.05) is 17.3 Å². The lowest BCUT2D eigenvalue weighted by atomic mass is 10.1. The number of rotatable bonds is 6. The Hall–Kier alpha value is -2.94. The number of hydrogen-bond acceptors (Lipinski definition) is 5. The summed E-state index contributed by atoms with van der Waals surface area (Å²) in [6, 6.07) is 16.6. The fraction of sp³-hybridized carbons (Fsp3) is 0.174. The lowest BCUT2D eigenvalue weighted by Crippen LogP contribution is -2.29. The standard InChI is InChI=1S/C23H20Cl2N2O5S/c1-33(29,30)27(19-4-2-3-18(24)22(19)25)14-15-5-7-16(8-6-15)23(28)26-17-9-10-20-21(13-17)32-12-11-31-20/h2-10,13H,11-12,14H2,1H3,(H,26,28). The van der Waals surface area contributed by atoms with E-state index < -0.39 is 10.0 Å². The monoisotopic (exact) mass is 506 g/mol. The van der Waals surface area contributed by atoms with Gasteiger partial charge in [-0.05, 0) is 42.0 Å². The Balaban J connectivity index is 1.50. The summed E-state index contributed by atoms with van der Waals surface area (Å²) in [6.45, 7) is 0.977. The van der Waals surface area contributed by atoms with Crippen molar-refractivity contribution in [3.8, 4) is 11.5 Å². The summed E-state index contributed by atoms with van der Waals surface area (Å²) in [4.78, 5) is 12.7. The van der Waals surface area contributed by atoms with Crippen molar-refractivity contribution in [2.75, 3.05) is 29.1 Å². The Bertz CT molecular complexity index is 1300. The van der Waals surface area contributed by atoms with E-state index in [1.54, 1.807) is 60.7 Å². The van der Waals surface area contributed by atoms with Crippen LogP contribution in [0.2, 0.25) is 10.0 Å². The van der Waals surface area contributed by atoms with Crippen LogP contribution in [0, 0.1) is 0 Å². The van der Waals surface area contributed by atoms with Crippen molar-refractivity contribution in [3.63, 3.8) is 0 Å². The number of ether oxygens (including phenoxy) is 2. The second-order valence-electron chi connectivity index (χ2n) is 7.35. The van der Waals surface area contributed by atoms with Gasteiger partial charge in [-0.25, -0.2) is 8.42 Å². The summed E-state index contributed by atoms with van der Waals surface area (Å²) in [6.07, 6.45) is 1.10. The largest absolute Gasteiger partial charge is 0.486 e. The third-order valence-electron chi connectivity index (χ3n) is 4.94. The topological polar surface area (TPSA) is 84.9 Å². The highest BCUT2D eigenvalue weighted by Gasteiger charge is 2.22. The average Bonchev–Trinajstić information content (AvgIpc) is 2.79. The van der Waals surface area contributed by atoms with Gasteiger partial charge in [-0.1, -0.05) is 41.4 Å². The molecule has 7 nitrogen and oxygen atoms in total. The zero-order valence-electron chi connectivity index (χ0n) is 17.5. The highest BCUT2D eigenvalue weighted by Crippen LogP contribution is 2.35. The molecular formula is C23H20Cl2N2O5S. The van der Waals surface area contributed by atoms with E-state index in [1.165, 1.54) is 4.31 Å². The van der Waals surface area contributed by atoms with Crippen molar-refractivity contribution in [3.05, 3.63) is 81.8 Å². The van der Waals surface area contributed by atoms with E-state index in [1.807, 2.05) is 0 Å². The number of benzene rings is 3. The molecule has 10 heteroatoms. The third-order valence-corrected chi connectivity index (χ3v) is 6.88. The van der Waals surface area contributed by atoms with Crippen molar-refractivity contribution in [2.24, 2.45) is 0 Å². The first-order valence-electron chi connectivity index (χ1n) is 9.94. The molecule has 0 fully saturated rings. The molecule has 1 aliphatic heterocycles. The molecule has 0 atom stereocenters. The first kappa shape index (κ1) is 23.2. The van der Waals surface area contributed by atoms with Crippen LogP contribution >= 0.6 is 23.2 Å². The van der Waals surface area contributed by atoms with Crippen LogP contribution in [0.4, 0.5) is 11.4 Å². The number of halogens is 2. The van der Waals surface area contributed by atoms with Gasteiger partial charge in [-0.15, -0.1) is 0 Å². The molecule has 1 amide bonds. The summed E-state index contributed by atoms with van der Waals surface area (Å²) < 4.78 is 37.0. The van der Waals surface area contributed by atoms with Crippen LogP contribution < -0.4 is 19.1 Å². The molecule has 1 aliphatic rings. The van der Waals surface area contributed by atoms with Crippen molar-refractivity contribution in [1.82, 2.24) is 0 Å². The number of sulfonamides is 1. The predicted octanol–water partition coefficient (Wildman–Crippen LogP) is 4.98. The maximum absolute atomic E-state index is 12.7. The van der Waals surface area contributed by atoms with Crippen LogP contribution in [0.5, 0.6) is 11.5 Å². The molecule has 0 unspecified atom stereocenters. The van der Waals surface area contributed by atoms with Gasteiger partial charge in [0.1, 0.15) is 13.2 Å². The molecule has 0 bridgehead atoms. The molecule has 0 aliphatic carbocycles. The van der Waals surface area contributed by atoms with E-state index in [0.29, 0.717) is 41.5 Å². The molecule has 1 N–H and O–H groups in total. The molecule has 172 valence electrons. The zero-order chi connectivity index (χ0) is 23.6. The summed E-state index contributed by atoms with van der Waals surface area (Å²) in [7, 11) is -3.64. The van der Waals surface area contributed by atoms with Crippen LogP contribution in [-0.4, -0.2) is 33.8 Å². The highest BCUT2D eigenvalue weighted by atomic mass is 35.5. The molecular weight excluding hydrogens is 487 g/mol. The number of nitrogens with zero attached hydrogens (tertiary/aromatic N) is 1. The van der Waals surface area contributed by atoms with Crippen LogP contribution in [0.15, 0.2) is 60.7 Å². The molecule has 4 rings (SSSR count). The highest BCUT2D eigenvalue weighted by molar-refractivity contribution is 7.92. The van der Waals surface area contributed by atoms with Crippen molar-refractivity contribution >= 4 is 50.5 Å². The number of amides is 1. The van der Waals surface area contributed by atoms with Gasteiger partial charge in [0.2, 0.25) is 10.0 Å². The second kappa shape index (κ2) is 9.51. The third kappa shape index (κ3) is 5.35. The fourth-order valence-electron chi connectivity index (χ4n) is 3.32. The zero-order valence-corrected chi connectivity index (χ0v) is 19.9. The smallest absolute Gasteiger partial charge is 0.255 e. The minimum Gasteiger partial charge on any atom is -0.486 e. The number of carbonyl (C=O) groups is 1. The Labute approximate surface area is 201 Å². The van der Waals surface area contributed by atoms with Crippen LogP contribution in [0.1, 0.15) is 15.9 Å². The Morgan fingerprint density at radius 3 is 2.39 bits per heavy atom. The minimum atomic E-state index is -3.64.